The first-order valence-corrected chi connectivity index (χ1v) is 13.8. The van der Waals surface area contributed by atoms with Crippen molar-refractivity contribution in [2.45, 2.75) is 68.7 Å². The van der Waals surface area contributed by atoms with Gasteiger partial charge in [0.2, 0.25) is 0 Å². The van der Waals surface area contributed by atoms with Crippen LogP contribution in [-0.2, 0) is 6.42 Å². The summed E-state index contributed by atoms with van der Waals surface area (Å²) in [6.45, 7) is 18.1. The van der Waals surface area contributed by atoms with Crippen molar-refractivity contribution in [3.8, 4) is 11.5 Å². The average Bonchev–Trinajstić information content (AvgIpc) is 3.04. The van der Waals surface area contributed by atoms with E-state index in [9.17, 15) is 0 Å². The molecule has 0 bridgehead atoms. The predicted molar refractivity (Wildman–Crippen MR) is 171 cm³/mol. The molecular weight excluding hydrogens is 472 g/mol. The Bertz CT molecular complexity index is 711. The number of hydrogen-bond donors (Lipinski definition) is 4. The Morgan fingerprint density at radius 3 is 1.00 bits per heavy atom. The third kappa shape index (κ3) is 27.5. The number of aryl methyl sites for hydroxylation is 1. The van der Waals surface area contributed by atoms with E-state index in [4.69, 9.17) is 20.4 Å². The molecule has 0 aliphatic heterocycles. The first kappa shape index (κ1) is 44.9. The van der Waals surface area contributed by atoms with E-state index in [2.05, 4.69) is 55.5 Å². The summed E-state index contributed by atoms with van der Waals surface area (Å²) < 4.78 is 0. The SMILES string of the molecule is C1=CC2C=CC=CC2C=C1.CC.CC.CC.CC.CCc1ccc(O)cc1.CO.CO.Oc1ccccc1. The van der Waals surface area contributed by atoms with Gasteiger partial charge in [-0.2, -0.15) is 0 Å². The summed E-state index contributed by atoms with van der Waals surface area (Å²) in [5.74, 6) is 1.90. The fourth-order valence-corrected chi connectivity index (χ4v) is 2.57. The summed E-state index contributed by atoms with van der Waals surface area (Å²) in [5.41, 5.74) is 1.26. The minimum Gasteiger partial charge on any atom is -0.508 e. The number of phenols is 2. The highest BCUT2D eigenvalue weighted by Crippen LogP contribution is 2.24. The van der Waals surface area contributed by atoms with Crippen LogP contribution in [0, 0.1) is 11.8 Å². The lowest BCUT2D eigenvalue weighted by atomic mass is 9.85. The predicted octanol–water partition coefficient (Wildman–Crippen LogP) is 9.14. The van der Waals surface area contributed by atoms with Gasteiger partial charge in [0.05, 0.1) is 0 Å². The number of allylic oxidation sites excluding steroid dienone is 8. The van der Waals surface area contributed by atoms with Crippen molar-refractivity contribution in [1.82, 2.24) is 0 Å². The van der Waals surface area contributed by atoms with Crippen LogP contribution in [0.3, 0.4) is 0 Å². The molecule has 0 aromatic heterocycles. The van der Waals surface area contributed by atoms with Crippen LogP contribution in [0.4, 0.5) is 0 Å². The highest BCUT2D eigenvalue weighted by molar-refractivity contribution is 5.28. The van der Waals surface area contributed by atoms with Crippen LogP contribution >= 0.6 is 0 Å². The van der Waals surface area contributed by atoms with Crippen LogP contribution < -0.4 is 0 Å². The maximum atomic E-state index is 8.85. The number of aliphatic hydroxyl groups is 2. The van der Waals surface area contributed by atoms with Gasteiger partial charge in [0.25, 0.3) is 0 Å². The molecule has 0 heterocycles. The molecule has 0 atom stereocenters. The lowest BCUT2D eigenvalue weighted by Crippen LogP contribution is -2.09. The Morgan fingerprint density at radius 2 is 0.763 bits per heavy atom. The second kappa shape index (κ2) is 41.1. The highest BCUT2D eigenvalue weighted by Gasteiger charge is 2.13. The van der Waals surface area contributed by atoms with Gasteiger partial charge in [0.1, 0.15) is 11.5 Å². The van der Waals surface area contributed by atoms with Gasteiger partial charge in [-0.05, 0) is 36.2 Å². The first-order chi connectivity index (χ1) is 18.7. The normalized spacial score (nSPS) is 13.8. The number of para-hydroxylation sites is 1. The molecular formula is C34H58O4. The molecule has 4 heteroatoms. The Balaban J connectivity index is -0.000000121. The zero-order chi connectivity index (χ0) is 30.6. The molecule has 0 radical (unpaired) electrons. The molecule has 2 aliphatic carbocycles. The maximum absolute atomic E-state index is 8.85. The monoisotopic (exact) mass is 530 g/mol. The number of aliphatic hydroxyl groups excluding tert-OH is 2. The van der Waals surface area contributed by atoms with Crippen molar-refractivity contribution in [3.63, 3.8) is 0 Å². The van der Waals surface area contributed by atoms with Gasteiger partial charge in [-0.25, -0.2) is 0 Å². The molecule has 218 valence electrons. The van der Waals surface area contributed by atoms with E-state index < -0.39 is 0 Å². The molecule has 4 nitrogen and oxygen atoms in total. The number of rotatable bonds is 1. The van der Waals surface area contributed by atoms with E-state index in [-0.39, 0.29) is 0 Å². The van der Waals surface area contributed by atoms with Gasteiger partial charge in [0, 0.05) is 26.1 Å². The van der Waals surface area contributed by atoms with Crippen molar-refractivity contribution in [3.05, 3.63) is 109 Å². The standard InChI is InChI=1S/C10H10.C8H10O.C6H6O.4C2H6.2CH4O/c1-2-6-10-8-4-3-7-9(10)5-1;1-2-7-3-5-8(9)6-4-7;7-6-4-2-1-3-5-6;6*1-2/h1-10H;3-6,9H,2H2,1H3;1-5,7H;4*1-2H3;2*2H,1H3. The Labute approximate surface area is 235 Å². The van der Waals surface area contributed by atoms with Gasteiger partial charge in [-0.1, -0.05) is 141 Å². The molecule has 4 rings (SSSR count). The van der Waals surface area contributed by atoms with Gasteiger partial charge < -0.3 is 20.4 Å². The van der Waals surface area contributed by atoms with Crippen LogP contribution in [0.5, 0.6) is 11.5 Å². The number of benzene rings is 2. The number of hydrogen-bond acceptors (Lipinski definition) is 4. The van der Waals surface area contributed by atoms with E-state index >= 15 is 0 Å². The van der Waals surface area contributed by atoms with Crippen molar-refractivity contribution in [2.75, 3.05) is 14.2 Å². The molecule has 0 saturated heterocycles. The molecule has 0 unspecified atom stereocenters. The highest BCUT2D eigenvalue weighted by atomic mass is 16.3. The fourth-order valence-electron chi connectivity index (χ4n) is 2.57. The Morgan fingerprint density at radius 1 is 0.474 bits per heavy atom. The Kier molecular flexibility index (Phi) is 48.5. The summed E-state index contributed by atoms with van der Waals surface area (Å²) in [5, 5.41) is 31.5. The first-order valence-electron chi connectivity index (χ1n) is 13.8. The van der Waals surface area contributed by atoms with Crippen molar-refractivity contribution < 1.29 is 20.4 Å². The lowest BCUT2D eigenvalue weighted by Gasteiger charge is -2.19. The molecule has 2 aliphatic rings. The summed E-state index contributed by atoms with van der Waals surface area (Å²) in [6, 6.07) is 16.0. The molecule has 0 spiro atoms. The molecule has 0 amide bonds. The molecule has 4 N–H and O–H groups in total. The molecule has 0 saturated carbocycles. The largest absolute Gasteiger partial charge is 0.508 e. The number of phenolic OH excluding ortho intramolecular Hbond substituents is 2. The Hall–Kier alpha value is -3.08. The maximum Gasteiger partial charge on any atom is 0.115 e. The molecule has 2 aromatic carbocycles. The summed E-state index contributed by atoms with van der Waals surface area (Å²) in [7, 11) is 2.00. The smallest absolute Gasteiger partial charge is 0.115 e. The number of fused-ring (bicyclic) bond motifs is 1. The summed E-state index contributed by atoms with van der Waals surface area (Å²) >= 11 is 0. The zero-order valence-electron chi connectivity index (χ0n) is 26.0. The third-order valence-corrected chi connectivity index (χ3v) is 4.10. The van der Waals surface area contributed by atoms with Crippen molar-refractivity contribution in [2.24, 2.45) is 11.8 Å². The van der Waals surface area contributed by atoms with Crippen molar-refractivity contribution >= 4 is 0 Å². The fraction of sp³-hybridized carbons (Fsp3) is 0.412. The summed E-state index contributed by atoms with van der Waals surface area (Å²) in [6.07, 6.45) is 18.5. The van der Waals surface area contributed by atoms with E-state index in [0.29, 0.717) is 23.3 Å². The van der Waals surface area contributed by atoms with Gasteiger partial charge >= 0.3 is 0 Å². The molecule has 38 heavy (non-hydrogen) atoms. The molecule has 2 aromatic rings. The minimum atomic E-state index is 0.322. The van der Waals surface area contributed by atoms with E-state index in [1.165, 1.54) is 5.56 Å². The van der Waals surface area contributed by atoms with Crippen LogP contribution in [-0.4, -0.2) is 34.6 Å². The van der Waals surface area contributed by atoms with Crippen LogP contribution in [0.2, 0.25) is 0 Å². The van der Waals surface area contributed by atoms with Gasteiger partial charge in [0.15, 0.2) is 0 Å². The average molecular weight is 531 g/mol. The molecule has 0 fully saturated rings. The van der Waals surface area contributed by atoms with Crippen LogP contribution in [0.1, 0.15) is 67.9 Å². The zero-order valence-corrected chi connectivity index (χ0v) is 26.0. The van der Waals surface area contributed by atoms with Crippen molar-refractivity contribution in [1.29, 1.82) is 0 Å². The third-order valence-electron chi connectivity index (χ3n) is 4.10. The van der Waals surface area contributed by atoms with Gasteiger partial charge in [-0.15, -0.1) is 0 Å². The second-order valence-corrected chi connectivity index (χ2v) is 6.05. The quantitative estimate of drug-likeness (QED) is 0.296. The van der Waals surface area contributed by atoms with Crippen LogP contribution in [0.15, 0.2) is 103 Å². The van der Waals surface area contributed by atoms with E-state index in [0.717, 1.165) is 20.6 Å². The topological polar surface area (TPSA) is 80.9 Å². The minimum absolute atomic E-state index is 0.322. The van der Waals surface area contributed by atoms with Gasteiger partial charge in [-0.3, -0.25) is 0 Å². The van der Waals surface area contributed by atoms with E-state index in [1.54, 1.807) is 36.4 Å². The van der Waals surface area contributed by atoms with Crippen LogP contribution in [0.25, 0.3) is 0 Å². The van der Waals surface area contributed by atoms with E-state index in [1.807, 2.05) is 73.6 Å². The number of aromatic hydroxyl groups is 2. The second-order valence-electron chi connectivity index (χ2n) is 6.05. The summed E-state index contributed by atoms with van der Waals surface area (Å²) in [4.78, 5) is 0. The lowest BCUT2D eigenvalue weighted by molar-refractivity contribution is 0.399.